The number of carboxylic acids is 2. The van der Waals surface area contributed by atoms with Gasteiger partial charge in [-0.3, -0.25) is 29.0 Å². The predicted octanol–water partition coefficient (Wildman–Crippen LogP) is -3.31. The van der Waals surface area contributed by atoms with E-state index in [2.05, 4.69) is 20.9 Å². The summed E-state index contributed by atoms with van der Waals surface area (Å²) in [5.41, 5.74) is 21.4. The molecular formula is C21H38N8O8. The van der Waals surface area contributed by atoms with Gasteiger partial charge in [0.25, 0.3) is 0 Å². The van der Waals surface area contributed by atoms with Gasteiger partial charge in [0.15, 0.2) is 5.96 Å². The number of aliphatic imine (C=N–C) groups is 1. The third kappa shape index (κ3) is 14.3. The zero-order chi connectivity index (χ0) is 28.7. The van der Waals surface area contributed by atoms with E-state index in [0.717, 1.165) is 0 Å². The number of carboxylic acid groups (broad SMARTS) is 2. The molecule has 0 aromatic heterocycles. The van der Waals surface area contributed by atoms with Crippen LogP contribution in [-0.4, -0.2) is 82.5 Å². The second-order valence-corrected chi connectivity index (χ2v) is 8.68. The summed E-state index contributed by atoms with van der Waals surface area (Å²) in [6, 6.07) is -5.09. The summed E-state index contributed by atoms with van der Waals surface area (Å²) >= 11 is 0. The number of aliphatic carboxylic acids is 2. The van der Waals surface area contributed by atoms with Crippen molar-refractivity contribution in [3.8, 4) is 0 Å². The molecular weight excluding hydrogens is 492 g/mol. The number of rotatable bonds is 18. The first kappa shape index (κ1) is 33.0. The Hall–Kier alpha value is -3.95. The Bertz CT molecular complexity index is 859. The van der Waals surface area contributed by atoms with Crippen LogP contribution in [0.25, 0.3) is 0 Å². The maximum Gasteiger partial charge on any atom is 0.326 e. The van der Waals surface area contributed by atoms with Crippen molar-refractivity contribution < 1.29 is 39.0 Å². The molecule has 0 aromatic carbocycles. The van der Waals surface area contributed by atoms with E-state index in [1.807, 2.05) is 0 Å². The Morgan fingerprint density at radius 3 is 1.81 bits per heavy atom. The molecule has 0 spiro atoms. The average Bonchev–Trinajstić information content (AvgIpc) is 2.78. The molecule has 0 saturated carbocycles. The molecule has 0 fully saturated rings. The highest BCUT2D eigenvalue weighted by atomic mass is 16.4. The van der Waals surface area contributed by atoms with Crippen molar-refractivity contribution in [3.63, 3.8) is 0 Å². The highest BCUT2D eigenvalue weighted by Crippen LogP contribution is 2.07. The summed E-state index contributed by atoms with van der Waals surface area (Å²) < 4.78 is 0. The lowest BCUT2D eigenvalue weighted by atomic mass is 10.0. The molecule has 0 radical (unpaired) electrons. The fourth-order valence-electron chi connectivity index (χ4n) is 3.06. The van der Waals surface area contributed by atoms with Gasteiger partial charge in [-0.05, 0) is 31.6 Å². The van der Waals surface area contributed by atoms with E-state index in [1.54, 1.807) is 13.8 Å². The molecule has 0 rings (SSSR count). The zero-order valence-corrected chi connectivity index (χ0v) is 20.9. The molecule has 210 valence electrons. The van der Waals surface area contributed by atoms with Crippen molar-refractivity contribution in [2.75, 3.05) is 6.54 Å². The van der Waals surface area contributed by atoms with Gasteiger partial charge < -0.3 is 49.1 Å². The van der Waals surface area contributed by atoms with Crippen LogP contribution in [-0.2, 0) is 28.8 Å². The maximum atomic E-state index is 13.0. The van der Waals surface area contributed by atoms with Gasteiger partial charge in [-0.25, -0.2) is 4.79 Å². The van der Waals surface area contributed by atoms with Crippen molar-refractivity contribution in [1.82, 2.24) is 16.0 Å². The molecule has 37 heavy (non-hydrogen) atoms. The van der Waals surface area contributed by atoms with Crippen LogP contribution >= 0.6 is 0 Å². The van der Waals surface area contributed by atoms with E-state index in [4.69, 9.17) is 28.0 Å². The third-order valence-electron chi connectivity index (χ3n) is 5.13. The number of primary amides is 1. The third-order valence-corrected chi connectivity index (χ3v) is 5.13. The van der Waals surface area contributed by atoms with Crippen LogP contribution in [0.2, 0.25) is 0 Å². The molecule has 4 unspecified atom stereocenters. The molecule has 0 aromatic rings. The zero-order valence-electron chi connectivity index (χ0n) is 20.9. The summed E-state index contributed by atoms with van der Waals surface area (Å²) in [4.78, 5) is 75.6. The Labute approximate surface area is 214 Å². The first-order valence-electron chi connectivity index (χ1n) is 11.6. The standard InChI is InChI=1S/C21H38N8O8/c1-10(2)16(20(36)37)29-19(35)13(6-8-15(31)32)28-18(34)12(4-3-9-26-21(24)25)27-17(33)11(22)5-7-14(23)30/h10-13,16H,3-9,22H2,1-2H3,(H2,23,30)(H,27,33)(H,28,34)(H,29,35)(H,31,32)(H,36,37)(H4,24,25,26). The van der Waals surface area contributed by atoms with Crippen LogP contribution in [0.1, 0.15) is 52.4 Å². The molecule has 0 aliphatic carbocycles. The fraction of sp³-hybridized carbons (Fsp3) is 0.667. The molecule has 0 heterocycles. The van der Waals surface area contributed by atoms with Crippen LogP contribution in [0, 0.1) is 5.92 Å². The fourth-order valence-corrected chi connectivity index (χ4v) is 3.06. The van der Waals surface area contributed by atoms with Crippen molar-refractivity contribution in [1.29, 1.82) is 0 Å². The largest absolute Gasteiger partial charge is 0.481 e. The minimum absolute atomic E-state index is 0.00784. The van der Waals surface area contributed by atoms with Crippen LogP contribution in [0.3, 0.4) is 0 Å². The quantitative estimate of drug-likeness (QED) is 0.0480. The lowest BCUT2D eigenvalue weighted by Gasteiger charge is -2.26. The molecule has 0 aliphatic rings. The first-order valence-corrected chi connectivity index (χ1v) is 11.6. The number of hydrogen-bond donors (Lipinski definition) is 9. The average molecular weight is 531 g/mol. The van der Waals surface area contributed by atoms with E-state index >= 15 is 0 Å². The Kier molecular flexibility index (Phi) is 14.9. The molecule has 16 nitrogen and oxygen atoms in total. The number of carbonyl (C=O) groups is 6. The van der Waals surface area contributed by atoms with Gasteiger partial charge in [-0.1, -0.05) is 13.8 Å². The van der Waals surface area contributed by atoms with E-state index < -0.39 is 72.1 Å². The highest BCUT2D eigenvalue weighted by molar-refractivity contribution is 5.94. The molecule has 13 N–H and O–H groups in total. The summed E-state index contributed by atoms with van der Waals surface area (Å²) in [5, 5.41) is 25.5. The molecule has 0 aliphatic heterocycles. The molecule has 0 bridgehead atoms. The number of nitrogens with one attached hydrogen (secondary N) is 3. The van der Waals surface area contributed by atoms with Crippen LogP contribution in [0.5, 0.6) is 0 Å². The lowest BCUT2D eigenvalue weighted by Crippen LogP contribution is -2.57. The van der Waals surface area contributed by atoms with Gasteiger partial charge in [-0.2, -0.15) is 0 Å². The topological polar surface area (TPSA) is 295 Å². The van der Waals surface area contributed by atoms with Crippen LogP contribution < -0.4 is 38.9 Å². The minimum atomic E-state index is -1.41. The Morgan fingerprint density at radius 1 is 0.784 bits per heavy atom. The highest BCUT2D eigenvalue weighted by Gasteiger charge is 2.31. The SMILES string of the molecule is CC(C)C(NC(=O)C(CCC(=O)O)NC(=O)C(CCCN=C(N)N)NC(=O)C(N)CCC(N)=O)C(=O)O. The van der Waals surface area contributed by atoms with E-state index in [0.29, 0.717) is 0 Å². The number of carbonyl (C=O) groups excluding carboxylic acids is 4. The van der Waals surface area contributed by atoms with Gasteiger partial charge >= 0.3 is 11.9 Å². The minimum Gasteiger partial charge on any atom is -0.481 e. The Morgan fingerprint density at radius 2 is 1.32 bits per heavy atom. The molecule has 0 saturated heterocycles. The summed E-state index contributed by atoms with van der Waals surface area (Å²) in [5.74, 6) is -6.40. The number of amides is 4. The first-order chi connectivity index (χ1) is 17.1. The van der Waals surface area contributed by atoms with Gasteiger partial charge in [0.05, 0.1) is 6.04 Å². The number of nitrogens with two attached hydrogens (primary N) is 4. The normalized spacial score (nSPS) is 13.9. The monoisotopic (exact) mass is 530 g/mol. The van der Waals surface area contributed by atoms with E-state index in [9.17, 15) is 33.9 Å². The van der Waals surface area contributed by atoms with Crippen molar-refractivity contribution >= 4 is 41.5 Å². The second-order valence-electron chi connectivity index (χ2n) is 8.68. The van der Waals surface area contributed by atoms with Gasteiger partial charge in [0, 0.05) is 19.4 Å². The van der Waals surface area contributed by atoms with Crippen molar-refractivity contribution in [3.05, 3.63) is 0 Å². The van der Waals surface area contributed by atoms with Gasteiger partial charge in [-0.15, -0.1) is 0 Å². The summed E-state index contributed by atoms with van der Waals surface area (Å²) in [6.07, 6.45) is -0.838. The predicted molar refractivity (Wildman–Crippen MR) is 131 cm³/mol. The number of nitrogens with zero attached hydrogens (tertiary/aromatic N) is 1. The smallest absolute Gasteiger partial charge is 0.326 e. The molecule has 4 amide bonds. The van der Waals surface area contributed by atoms with E-state index in [1.165, 1.54) is 0 Å². The van der Waals surface area contributed by atoms with Crippen molar-refractivity contribution in [2.24, 2.45) is 33.8 Å². The summed E-state index contributed by atoms with van der Waals surface area (Å²) in [6.45, 7) is 3.24. The Balaban J connectivity index is 5.67. The number of guanidine groups is 1. The summed E-state index contributed by atoms with van der Waals surface area (Å²) in [7, 11) is 0. The van der Waals surface area contributed by atoms with Crippen LogP contribution in [0.4, 0.5) is 0 Å². The lowest BCUT2D eigenvalue weighted by molar-refractivity contribution is -0.144. The van der Waals surface area contributed by atoms with Gasteiger partial charge in [0.2, 0.25) is 23.6 Å². The molecule has 16 heteroatoms. The maximum absolute atomic E-state index is 13.0. The second kappa shape index (κ2) is 16.7. The molecule has 4 atom stereocenters. The van der Waals surface area contributed by atoms with Gasteiger partial charge in [0.1, 0.15) is 18.1 Å². The van der Waals surface area contributed by atoms with E-state index in [-0.39, 0.29) is 44.6 Å². The van der Waals surface area contributed by atoms with Crippen LogP contribution in [0.15, 0.2) is 4.99 Å². The number of hydrogen-bond acceptors (Lipinski definition) is 8. The van der Waals surface area contributed by atoms with Crippen molar-refractivity contribution in [2.45, 2.75) is 76.5 Å².